The minimum absolute atomic E-state index is 0.307. The van der Waals surface area contributed by atoms with Crippen molar-refractivity contribution in [3.63, 3.8) is 0 Å². The fourth-order valence-corrected chi connectivity index (χ4v) is 2.37. The molecule has 1 aromatic heterocycles. The number of rotatable bonds is 1. The van der Waals surface area contributed by atoms with E-state index in [0.29, 0.717) is 33.1 Å². The summed E-state index contributed by atoms with van der Waals surface area (Å²) >= 11 is 6.20. The zero-order valence-corrected chi connectivity index (χ0v) is 11.4. The van der Waals surface area contributed by atoms with Crippen LogP contribution in [-0.2, 0) is 0 Å². The highest BCUT2D eigenvalue weighted by Gasteiger charge is 2.11. The minimum atomic E-state index is -0.364. The van der Waals surface area contributed by atoms with Crippen LogP contribution in [0.25, 0.3) is 22.3 Å². The summed E-state index contributed by atoms with van der Waals surface area (Å²) in [5.74, 6) is 0.337. The van der Waals surface area contributed by atoms with Crippen LogP contribution >= 0.6 is 11.6 Å². The van der Waals surface area contributed by atoms with Crippen LogP contribution < -0.4 is 5.73 Å². The molecule has 100 valence electrons. The van der Waals surface area contributed by atoms with Gasteiger partial charge in [-0.3, -0.25) is 0 Å². The molecule has 1 heterocycles. The van der Waals surface area contributed by atoms with E-state index in [9.17, 15) is 4.39 Å². The molecule has 0 atom stereocenters. The highest BCUT2D eigenvalue weighted by Crippen LogP contribution is 2.29. The Hall–Kier alpha value is -2.20. The largest absolute Gasteiger partial charge is 0.383 e. The number of fused-ring (bicyclic) bond motifs is 1. The maximum atomic E-state index is 13.3. The summed E-state index contributed by atoms with van der Waals surface area (Å²) < 4.78 is 13.3. The standard InChI is InChI=1S/C15H11ClFN3/c1-8-2-4-10(12(16)6-8)15-19-13-7-9(17)3-5-11(13)14(18)20-15/h2-7H,1H3,(H2,18,19,20). The topological polar surface area (TPSA) is 51.8 Å². The van der Waals surface area contributed by atoms with Gasteiger partial charge in [0.2, 0.25) is 0 Å². The van der Waals surface area contributed by atoms with E-state index in [-0.39, 0.29) is 5.82 Å². The molecule has 3 rings (SSSR count). The van der Waals surface area contributed by atoms with Gasteiger partial charge >= 0.3 is 0 Å². The Bertz CT molecular complexity index is 818. The van der Waals surface area contributed by atoms with Crippen LogP contribution in [0.15, 0.2) is 36.4 Å². The molecule has 5 heteroatoms. The Labute approximate surface area is 120 Å². The molecule has 0 aliphatic heterocycles. The number of anilines is 1. The monoisotopic (exact) mass is 287 g/mol. The van der Waals surface area contributed by atoms with Crippen molar-refractivity contribution in [1.82, 2.24) is 9.97 Å². The van der Waals surface area contributed by atoms with Crippen molar-refractivity contribution in [3.05, 3.63) is 52.8 Å². The van der Waals surface area contributed by atoms with Crippen LogP contribution in [0, 0.1) is 12.7 Å². The van der Waals surface area contributed by atoms with Gasteiger partial charge in [0.25, 0.3) is 0 Å². The van der Waals surface area contributed by atoms with Crippen LogP contribution in [-0.4, -0.2) is 9.97 Å². The molecule has 20 heavy (non-hydrogen) atoms. The van der Waals surface area contributed by atoms with Crippen molar-refractivity contribution in [1.29, 1.82) is 0 Å². The molecular weight excluding hydrogens is 277 g/mol. The molecule has 3 aromatic rings. The smallest absolute Gasteiger partial charge is 0.163 e. The van der Waals surface area contributed by atoms with Crippen molar-refractivity contribution in [3.8, 4) is 11.4 Å². The van der Waals surface area contributed by atoms with Gasteiger partial charge in [-0.2, -0.15) is 0 Å². The summed E-state index contributed by atoms with van der Waals surface area (Å²) in [6.45, 7) is 1.95. The molecule has 0 radical (unpaired) electrons. The summed E-state index contributed by atoms with van der Waals surface area (Å²) in [5, 5.41) is 1.17. The number of hydrogen-bond donors (Lipinski definition) is 1. The third-order valence-electron chi connectivity index (χ3n) is 3.05. The van der Waals surface area contributed by atoms with E-state index in [1.165, 1.54) is 12.1 Å². The number of aryl methyl sites for hydroxylation is 1. The number of hydrogen-bond acceptors (Lipinski definition) is 3. The zero-order valence-electron chi connectivity index (χ0n) is 10.7. The summed E-state index contributed by atoms with van der Waals surface area (Å²) in [6.07, 6.45) is 0. The molecule has 0 aliphatic carbocycles. The lowest BCUT2D eigenvalue weighted by Gasteiger charge is -2.07. The van der Waals surface area contributed by atoms with Gasteiger partial charge in [-0.1, -0.05) is 17.7 Å². The third-order valence-corrected chi connectivity index (χ3v) is 3.37. The molecule has 0 amide bonds. The average Bonchev–Trinajstić information content (AvgIpc) is 2.37. The molecule has 0 saturated heterocycles. The van der Waals surface area contributed by atoms with Crippen LogP contribution in [0.3, 0.4) is 0 Å². The van der Waals surface area contributed by atoms with Gasteiger partial charge in [0.15, 0.2) is 5.82 Å². The second-order valence-corrected chi connectivity index (χ2v) is 4.98. The lowest BCUT2D eigenvalue weighted by Crippen LogP contribution is -1.98. The highest BCUT2D eigenvalue weighted by molar-refractivity contribution is 6.33. The first-order valence-corrected chi connectivity index (χ1v) is 6.42. The van der Waals surface area contributed by atoms with E-state index in [0.717, 1.165) is 5.56 Å². The summed E-state index contributed by atoms with van der Waals surface area (Å²) in [4.78, 5) is 8.59. The van der Waals surface area contributed by atoms with Gasteiger partial charge in [0.1, 0.15) is 11.6 Å². The maximum Gasteiger partial charge on any atom is 0.163 e. The third kappa shape index (κ3) is 2.18. The first-order chi connectivity index (χ1) is 9.54. The minimum Gasteiger partial charge on any atom is -0.383 e. The van der Waals surface area contributed by atoms with Crippen molar-refractivity contribution >= 4 is 28.3 Å². The van der Waals surface area contributed by atoms with Gasteiger partial charge in [-0.05, 0) is 36.8 Å². The predicted molar refractivity (Wildman–Crippen MR) is 79.1 cm³/mol. The second-order valence-electron chi connectivity index (χ2n) is 4.58. The molecule has 0 unspecified atom stereocenters. The van der Waals surface area contributed by atoms with Crippen LogP contribution in [0.1, 0.15) is 5.56 Å². The van der Waals surface area contributed by atoms with E-state index in [1.807, 2.05) is 25.1 Å². The van der Waals surface area contributed by atoms with E-state index >= 15 is 0 Å². The quantitative estimate of drug-likeness (QED) is 0.736. The SMILES string of the molecule is Cc1ccc(-c2nc(N)c3ccc(F)cc3n2)c(Cl)c1. The molecule has 0 aliphatic rings. The molecular formula is C15H11ClFN3. The zero-order chi connectivity index (χ0) is 14.3. The molecule has 2 aromatic carbocycles. The Balaban J connectivity index is 2.26. The van der Waals surface area contributed by atoms with Crippen molar-refractivity contribution in [2.24, 2.45) is 0 Å². The van der Waals surface area contributed by atoms with Crippen LogP contribution in [0.4, 0.5) is 10.2 Å². The molecule has 0 fully saturated rings. The van der Waals surface area contributed by atoms with Crippen LogP contribution in [0.2, 0.25) is 5.02 Å². The normalized spacial score (nSPS) is 10.9. The summed E-state index contributed by atoms with van der Waals surface area (Å²) in [6, 6.07) is 9.81. The Morgan fingerprint density at radius 3 is 2.65 bits per heavy atom. The molecule has 0 spiro atoms. The first-order valence-electron chi connectivity index (χ1n) is 6.04. The number of benzene rings is 2. The van der Waals surface area contributed by atoms with E-state index < -0.39 is 0 Å². The maximum absolute atomic E-state index is 13.3. The first kappa shape index (κ1) is 12.8. The van der Waals surface area contributed by atoms with Crippen molar-refractivity contribution in [2.75, 3.05) is 5.73 Å². The van der Waals surface area contributed by atoms with Crippen LogP contribution in [0.5, 0.6) is 0 Å². The number of halogens is 2. The number of aromatic nitrogens is 2. The van der Waals surface area contributed by atoms with E-state index in [1.54, 1.807) is 6.07 Å². The molecule has 2 N–H and O–H groups in total. The van der Waals surface area contributed by atoms with Gasteiger partial charge in [-0.25, -0.2) is 14.4 Å². The van der Waals surface area contributed by atoms with Crippen molar-refractivity contribution in [2.45, 2.75) is 6.92 Å². The fourth-order valence-electron chi connectivity index (χ4n) is 2.05. The average molecular weight is 288 g/mol. The Kier molecular flexibility index (Phi) is 3.03. The lowest BCUT2D eigenvalue weighted by molar-refractivity contribution is 0.629. The van der Waals surface area contributed by atoms with Gasteiger partial charge in [-0.15, -0.1) is 0 Å². The molecule has 3 nitrogen and oxygen atoms in total. The number of nitrogens with two attached hydrogens (primary N) is 1. The molecule has 0 saturated carbocycles. The second kappa shape index (κ2) is 4.72. The van der Waals surface area contributed by atoms with Crippen molar-refractivity contribution < 1.29 is 4.39 Å². The number of nitrogen functional groups attached to an aromatic ring is 1. The van der Waals surface area contributed by atoms with Gasteiger partial charge in [0.05, 0.1) is 10.5 Å². The van der Waals surface area contributed by atoms with Gasteiger partial charge < -0.3 is 5.73 Å². The summed E-state index contributed by atoms with van der Waals surface area (Å²) in [5.41, 5.74) is 8.09. The number of nitrogens with zero attached hydrogens (tertiary/aromatic N) is 2. The summed E-state index contributed by atoms with van der Waals surface area (Å²) in [7, 11) is 0. The van der Waals surface area contributed by atoms with Gasteiger partial charge in [0, 0.05) is 17.0 Å². The lowest BCUT2D eigenvalue weighted by atomic mass is 10.1. The molecule has 0 bridgehead atoms. The predicted octanol–water partition coefficient (Wildman–Crippen LogP) is 3.98. The Morgan fingerprint density at radius 2 is 1.90 bits per heavy atom. The Morgan fingerprint density at radius 1 is 1.10 bits per heavy atom. The van der Waals surface area contributed by atoms with E-state index in [2.05, 4.69) is 9.97 Å². The fraction of sp³-hybridized carbons (Fsp3) is 0.0667. The highest BCUT2D eigenvalue weighted by atomic mass is 35.5. The van der Waals surface area contributed by atoms with E-state index in [4.69, 9.17) is 17.3 Å².